The Morgan fingerprint density at radius 3 is 1.93 bits per heavy atom. The molecule has 2 nitrogen and oxygen atoms in total. The van der Waals surface area contributed by atoms with Crippen molar-refractivity contribution in [3.05, 3.63) is 95.1 Å². The minimum atomic E-state index is -0.0737. The van der Waals surface area contributed by atoms with Gasteiger partial charge in [-0.1, -0.05) is 88.4 Å². The standard InChI is InChI=1S/C28H32O2/c1-5-9-11-24-22(16-13-21-14-17-23(18-15-21)27(29)7-3)19-20-26(28(30)8-4)25(24)12-10-6-2/h7-8,13-20H,3-6,9-12H2,1-2H3. The van der Waals surface area contributed by atoms with Gasteiger partial charge in [-0.15, -0.1) is 0 Å². The number of hydrogen-bond acceptors (Lipinski definition) is 2. The van der Waals surface area contributed by atoms with Crippen LogP contribution in [0.4, 0.5) is 0 Å². The SMILES string of the molecule is C=CC(=O)c1ccc(C=Cc2ccc(C(=O)C=C)c(CCCC)c2CCCC)cc1. The molecule has 0 fully saturated rings. The van der Waals surface area contributed by atoms with E-state index in [1.165, 1.54) is 23.3 Å². The summed E-state index contributed by atoms with van der Waals surface area (Å²) < 4.78 is 0. The second-order valence-electron chi connectivity index (χ2n) is 7.46. The highest BCUT2D eigenvalue weighted by atomic mass is 16.1. The summed E-state index contributed by atoms with van der Waals surface area (Å²) in [4.78, 5) is 24.2. The molecule has 2 rings (SSSR count). The van der Waals surface area contributed by atoms with Gasteiger partial charge in [-0.2, -0.15) is 0 Å². The molecule has 0 spiro atoms. The molecule has 0 aromatic heterocycles. The minimum Gasteiger partial charge on any atom is -0.289 e. The second-order valence-corrected chi connectivity index (χ2v) is 7.46. The van der Waals surface area contributed by atoms with E-state index in [1.54, 1.807) is 0 Å². The third-order valence-electron chi connectivity index (χ3n) is 5.31. The number of hydrogen-bond donors (Lipinski definition) is 0. The number of ketones is 2. The maximum Gasteiger partial charge on any atom is 0.185 e. The molecule has 0 amide bonds. The molecule has 0 heterocycles. The average Bonchev–Trinajstić information content (AvgIpc) is 2.79. The van der Waals surface area contributed by atoms with Gasteiger partial charge in [0.05, 0.1) is 0 Å². The van der Waals surface area contributed by atoms with Crippen molar-refractivity contribution in [2.75, 3.05) is 0 Å². The molecule has 2 heteroatoms. The molecular weight excluding hydrogens is 368 g/mol. The molecule has 30 heavy (non-hydrogen) atoms. The molecular formula is C28H32O2. The van der Waals surface area contributed by atoms with Crippen LogP contribution in [0, 0.1) is 0 Å². The summed E-state index contributed by atoms with van der Waals surface area (Å²) in [5.74, 6) is -0.0766. The summed E-state index contributed by atoms with van der Waals surface area (Å²) in [5.41, 5.74) is 6.05. The molecule has 2 aromatic rings. The zero-order valence-corrected chi connectivity index (χ0v) is 18.2. The zero-order valence-electron chi connectivity index (χ0n) is 18.2. The van der Waals surface area contributed by atoms with Gasteiger partial charge < -0.3 is 0 Å². The smallest absolute Gasteiger partial charge is 0.185 e. The fourth-order valence-corrected chi connectivity index (χ4v) is 3.56. The lowest BCUT2D eigenvalue weighted by Crippen LogP contribution is -2.07. The first-order valence-electron chi connectivity index (χ1n) is 10.8. The normalized spacial score (nSPS) is 10.9. The van der Waals surface area contributed by atoms with E-state index in [2.05, 4.69) is 39.2 Å². The maximum absolute atomic E-state index is 12.5. The monoisotopic (exact) mass is 400 g/mol. The molecule has 2 aromatic carbocycles. The summed E-state index contributed by atoms with van der Waals surface area (Å²) in [6, 6.07) is 11.5. The van der Waals surface area contributed by atoms with E-state index in [4.69, 9.17) is 0 Å². The molecule has 0 unspecified atom stereocenters. The van der Waals surface area contributed by atoms with E-state index >= 15 is 0 Å². The third kappa shape index (κ3) is 6.00. The summed E-state index contributed by atoms with van der Waals surface area (Å²) in [6.45, 7) is 11.6. The van der Waals surface area contributed by atoms with Crippen LogP contribution in [0.2, 0.25) is 0 Å². The highest BCUT2D eigenvalue weighted by molar-refractivity contribution is 6.06. The minimum absolute atomic E-state index is 0.00291. The van der Waals surface area contributed by atoms with Gasteiger partial charge in [0.1, 0.15) is 0 Å². The Morgan fingerprint density at radius 2 is 1.37 bits per heavy atom. The van der Waals surface area contributed by atoms with Crippen LogP contribution in [-0.2, 0) is 12.8 Å². The van der Waals surface area contributed by atoms with Crippen molar-refractivity contribution in [2.24, 2.45) is 0 Å². The number of allylic oxidation sites excluding steroid dienone is 2. The fourth-order valence-electron chi connectivity index (χ4n) is 3.56. The molecule has 156 valence electrons. The number of unbranched alkanes of at least 4 members (excludes halogenated alkanes) is 2. The van der Waals surface area contributed by atoms with Crippen LogP contribution in [0.15, 0.2) is 61.7 Å². The Kier molecular flexibility index (Phi) is 9.21. The van der Waals surface area contributed by atoms with E-state index in [-0.39, 0.29) is 11.6 Å². The summed E-state index contributed by atoms with van der Waals surface area (Å²) in [6.07, 6.45) is 13.1. The van der Waals surface area contributed by atoms with Crippen LogP contribution >= 0.6 is 0 Å². The molecule has 0 N–H and O–H groups in total. The van der Waals surface area contributed by atoms with Crippen molar-refractivity contribution in [2.45, 2.75) is 52.4 Å². The van der Waals surface area contributed by atoms with E-state index in [0.29, 0.717) is 5.56 Å². The number of benzene rings is 2. The van der Waals surface area contributed by atoms with E-state index < -0.39 is 0 Å². The summed E-state index contributed by atoms with van der Waals surface area (Å²) in [7, 11) is 0. The van der Waals surface area contributed by atoms with Crippen molar-refractivity contribution in [3.8, 4) is 0 Å². The van der Waals surface area contributed by atoms with Crippen molar-refractivity contribution in [1.82, 2.24) is 0 Å². The molecule has 0 aliphatic carbocycles. The topological polar surface area (TPSA) is 34.1 Å². The lowest BCUT2D eigenvalue weighted by atomic mass is 9.87. The zero-order chi connectivity index (χ0) is 21.9. The average molecular weight is 401 g/mol. The van der Waals surface area contributed by atoms with Gasteiger partial charge in [-0.05, 0) is 60.1 Å². The lowest BCUT2D eigenvalue weighted by molar-refractivity contribution is 0.103. The van der Waals surface area contributed by atoms with Crippen LogP contribution in [0.5, 0.6) is 0 Å². The first-order chi connectivity index (χ1) is 14.5. The third-order valence-corrected chi connectivity index (χ3v) is 5.31. The summed E-state index contributed by atoms with van der Waals surface area (Å²) in [5, 5.41) is 0. The van der Waals surface area contributed by atoms with Crippen molar-refractivity contribution >= 4 is 23.7 Å². The Balaban J connectivity index is 2.45. The van der Waals surface area contributed by atoms with E-state index in [1.807, 2.05) is 36.4 Å². The van der Waals surface area contributed by atoms with Crippen LogP contribution in [-0.4, -0.2) is 11.6 Å². The molecule has 0 saturated carbocycles. The fraction of sp³-hybridized carbons (Fsp3) is 0.286. The number of carbonyl (C=O) groups excluding carboxylic acids is 2. The van der Waals surface area contributed by atoms with Gasteiger partial charge in [0.2, 0.25) is 0 Å². The number of rotatable bonds is 12. The van der Waals surface area contributed by atoms with Crippen LogP contribution in [0.3, 0.4) is 0 Å². The molecule has 0 atom stereocenters. The van der Waals surface area contributed by atoms with Gasteiger partial charge in [-0.3, -0.25) is 9.59 Å². The van der Waals surface area contributed by atoms with Gasteiger partial charge in [0, 0.05) is 11.1 Å². The first kappa shape index (κ1) is 23.3. The highest BCUT2D eigenvalue weighted by Crippen LogP contribution is 2.26. The first-order valence-corrected chi connectivity index (χ1v) is 10.8. The molecule has 0 radical (unpaired) electrons. The second kappa shape index (κ2) is 11.9. The van der Waals surface area contributed by atoms with Crippen molar-refractivity contribution in [3.63, 3.8) is 0 Å². The van der Waals surface area contributed by atoms with Gasteiger partial charge in [0.25, 0.3) is 0 Å². The highest BCUT2D eigenvalue weighted by Gasteiger charge is 2.15. The summed E-state index contributed by atoms with van der Waals surface area (Å²) >= 11 is 0. The molecule has 0 saturated heterocycles. The Hall–Kier alpha value is -3.00. The quantitative estimate of drug-likeness (QED) is 0.213. The lowest BCUT2D eigenvalue weighted by Gasteiger charge is -2.17. The van der Waals surface area contributed by atoms with Crippen molar-refractivity contribution < 1.29 is 9.59 Å². The predicted octanol–water partition coefficient (Wildman–Crippen LogP) is 7.28. The number of carbonyl (C=O) groups is 2. The molecule has 0 aliphatic heterocycles. The van der Waals surface area contributed by atoms with Crippen LogP contribution in [0.25, 0.3) is 12.2 Å². The van der Waals surface area contributed by atoms with Crippen molar-refractivity contribution in [1.29, 1.82) is 0 Å². The Morgan fingerprint density at radius 1 is 0.767 bits per heavy atom. The van der Waals surface area contributed by atoms with Crippen LogP contribution < -0.4 is 0 Å². The van der Waals surface area contributed by atoms with Gasteiger partial charge in [0.15, 0.2) is 11.6 Å². The predicted molar refractivity (Wildman–Crippen MR) is 128 cm³/mol. The Bertz CT molecular complexity index is 930. The van der Waals surface area contributed by atoms with E-state index in [9.17, 15) is 9.59 Å². The Labute approximate surface area is 181 Å². The van der Waals surface area contributed by atoms with E-state index in [0.717, 1.165) is 55.2 Å². The van der Waals surface area contributed by atoms with Gasteiger partial charge in [-0.25, -0.2) is 0 Å². The van der Waals surface area contributed by atoms with Gasteiger partial charge >= 0.3 is 0 Å². The maximum atomic E-state index is 12.5. The molecule has 0 aliphatic rings. The largest absolute Gasteiger partial charge is 0.289 e. The molecule has 0 bridgehead atoms. The van der Waals surface area contributed by atoms with Crippen LogP contribution in [0.1, 0.15) is 82.5 Å².